The summed E-state index contributed by atoms with van der Waals surface area (Å²) in [6.45, 7) is 1.79. The highest BCUT2D eigenvalue weighted by molar-refractivity contribution is 7.99. The summed E-state index contributed by atoms with van der Waals surface area (Å²) in [5.41, 5.74) is 0.132. The van der Waals surface area contributed by atoms with E-state index in [9.17, 15) is 10.1 Å². The maximum Gasteiger partial charge on any atom is 0.231 e. The van der Waals surface area contributed by atoms with Gasteiger partial charge in [0.05, 0.1) is 11.8 Å². The summed E-state index contributed by atoms with van der Waals surface area (Å²) in [4.78, 5) is 12.2. The number of halogens is 1. The Balaban J connectivity index is 1.63. The normalized spacial score (nSPS) is 16.1. The summed E-state index contributed by atoms with van der Waals surface area (Å²) < 4.78 is 1.84. The van der Waals surface area contributed by atoms with Crippen LogP contribution in [0.5, 0.6) is 0 Å². The van der Waals surface area contributed by atoms with Gasteiger partial charge in [-0.2, -0.15) is 5.26 Å². The Morgan fingerprint density at radius 3 is 2.72 bits per heavy atom. The molecule has 1 atom stereocenters. The van der Waals surface area contributed by atoms with E-state index in [1.165, 1.54) is 11.8 Å². The largest absolute Gasteiger partial charge is 0.337 e. The monoisotopic (exact) mass is 375 g/mol. The molecule has 0 aliphatic heterocycles. The smallest absolute Gasteiger partial charge is 0.231 e. The molecule has 1 aromatic heterocycles. The number of nitriles is 1. The van der Waals surface area contributed by atoms with Crippen molar-refractivity contribution in [3.8, 4) is 17.5 Å². The second kappa shape index (κ2) is 7.06. The fraction of sp³-hybridized carbons (Fsp3) is 0.412. The van der Waals surface area contributed by atoms with Gasteiger partial charge in [0.2, 0.25) is 5.91 Å². The molecule has 1 amide bonds. The molecule has 130 valence electrons. The zero-order chi connectivity index (χ0) is 18.0. The first-order chi connectivity index (χ1) is 11.9. The van der Waals surface area contributed by atoms with Gasteiger partial charge in [0, 0.05) is 17.6 Å². The van der Waals surface area contributed by atoms with Crippen LogP contribution in [0, 0.1) is 17.2 Å². The maximum absolute atomic E-state index is 12.2. The van der Waals surface area contributed by atoms with Crippen LogP contribution in [0.1, 0.15) is 19.8 Å². The third-order valence-corrected chi connectivity index (χ3v) is 5.57. The average molecular weight is 376 g/mol. The first kappa shape index (κ1) is 17.8. The van der Waals surface area contributed by atoms with Gasteiger partial charge in [-0.3, -0.25) is 4.79 Å². The average Bonchev–Trinajstić information content (AvgIpc) is 3.39. The number of benzene rings is 1. The van der Waals surface area contributed by atoms with Crippen LogP contribution in [0.15, 0.2) is 29.4 Å². The molecule has 0 radical (unpaired) electrons. The molecule has 0 saturated heterocycles. The summed E-state index contributed by atoms with van der Waals surface area (Å²) in [6, 6.07) is 9.57. The van der Waals surface area contributed by atoms with Gasteiger partial charge < -0.3 is 9.88 Å². The molecule has 0 spiro atoms. The number of rotatable bonds is 6. The first-order valence-electron chi connectivity index (χ1n) is 7.93. The van der Waals surface area contributed by atoms with Crippen molar-refractivity contribution < 1.29 is 4.79 Å². The maximum atomic E-state index is 12.2. The highest BCUT2D eigenvalue weighted by Crippen LogP contribution is 2.39. The van der Waals surface area contributed by atoms with Crippen molar-refractivity contribution in [1.29, 1.82) is 5.26 Å². The molecule has 1 fully saturated rings. The van der Waals surface area contributed by atoms with E-state index in [0.29, 0.717) is 16.0 Å². The predicted molar refractivity (Wildman–Crippen MR) is 97.1 cm³/mol. The Labute approximate surface area is 155 Å². The highest BCUT2D eigenvalue weighted by Gasteiger charge is 2.42. The number of amides is 1. The van der Waals surface area contributed by atoms with Gasteiger partial charge in [0.25, 0.3) is 0 Å². The second-order valence-electron chi connectivity index (χ2n) is 6.30. The minimum atomic E-state index is -0.772. The summed E-state index contributed by atoms with van der Waals surface area (Å²) in [6.07, 6.45) is 1.98. The van der Waals surface area contributed by atoms with E-state index >= 15 is 0 Å². The minimum absolute atomic E-state index is 0.169. The van der Waals surface area contributed by atoms with E-state index in [0.717, 1.165) is 18.4 Å². The molecule has 1 aromatic carbocycles. The third kappa shape index (κ3) is 3.97. The van der Waals surface area contributed by atoms with Crippen molar-refractivity contribution >= 4 is 29.3 Å². The molecule has 1 N–H and O–H groups in total. The van der Waals surface area contributed by atoms with E-state index in [-0.39, 0.29) is 17.6 Å². The SMILES string of the molecule is Cn1c(SCC(=O)N[C@@](C)(C#N)C2CC2)nnc1-c1ccc(Cl)cc1. The van der Waals surface area contributed by atoms with Crippen LogP contribution in [0.3, 0.4) is 0 Å². The van der Waals surface area contributed by atoms with Gasteiger partial charge in [-0.15, -0.1) is 10.2 Å². The van der Waals surface area contributed by atoms with Crippen molar-refractivity contribution in [1.82, 2.24) is 20.1 Å². The Morgan fingerprint density at radius 1 is 1.44 bits per heavy atom. The molecule has 6 nitrogen and oxygen atoms in total. The fourth-order valence-electron chi connectivity index (χ4n) is 2.63. The van der Waals surface area contributed by atoms with Gasteiger partial charge in [0.15, 0.2) is 11.0 Å². The Hall–Kier alpha value is -2.04. The molecule has 1 heterocycles. The summed E-state index contributed by atoms with van der Waals surface area (Å²) >= 11 is 7.20. The number of nitrogens with zero attached hydrogens (tertiary/aromatic N) is 4. The zero-order valence-electron chi connectivity index (χ0n) is 14.0. The number of thioether (sulfide) groups is 1. The van der Waals surface area contributed by atoms with Crippen LogP contribution in [0.2, 0.25) is 5.02 Å². The topological polar surface area (TPSA) is 83.6 Å². The van der Waals surface area contributed by atoms with E-state index in [1.807, 2.05) is 23.7 Å². The van der Waals surface area contributed by atoms with Crippen molar-refractivity contribution in [2.24, 2.45) is 13.0 Å². The molecular formula is C17H18ClN5OS. The Kier molecular flexibility index (Phi) is 5.02. The number of carbonyl (C=O) groups is 1. The lowest BCUT2D eigenvalue weighted by Gasteiger charge is -2.22. The van der Waals surface area contributed by atoms with Crippen molar-refractivity contribution in [3.05, 3.63) is 29.3 Å². The summed E-state index contributed by atoms with van der Waals surface area (Å²) in [5, 5.41) is 21.8. The molecule has 3 rings (SSSR count). The highest BCUT2D eigenvalue weighted by atomic mass is 35.5. The first-order valence-corrected chi connectivity index (χ1v) is 9.29. The van der Waals surface area contributed by atoms with Crippen LogP contribution in [0.25, 0.3) is 11.4 Å². The molecule has 25 heavy (non-hydrogen) atoms. The van der Waals surface area contributed by atoms with Gasteiger partial charge in [-0.05, 0) is 49.9 Å². The number of aromatic nitrogens is 3. The van der Waals surface area contributed by atoms with Crippen LogP contribution in [-0.2, 0) is 11.8 Å². The van der Waals surface area contributed by atoms with E-state index in [2.05, 4.69) is 21.6 Å². The van der Waals surface area contributed by atoms with Crippen LogP contribution >= 0.6 is 23.4 Å². The van der Waals surface area contributed by atoms with Gasteiger partial charge in [0.1, 0.15) is 5.54 Å². The number of hydrogen-bond acceptors (Lipinski definition) is 5. The van der Waals surface area contributed by atoms with Crippen molar-refractivity contribution in [3.63, 3.8) is 0 Å². The molecule has 1 saturated carbocycles. The number of hydrogen-bond donors (Lipinski definition) is 1. The van der Waals surface area contributed by atoms with Gasteiger partial charge in [-0.1, -0.05) is 23.4 Å². The van der Waals surface area contributed by atoms with E-state index in [1.54, 1.807) is 19.1 Å². The molecule has 1 aliphatic carbocycles. The predicted octanol–water partition coefficient (Wildman–Crippen LogP) is 3.04. The van der Waals surface area contributed by atoms with Crippen molar-refractivity contribution in [2.75, 3.05) is 5.75 Å². The lowest BCUT2D eigenvalue weighted by molar-refractivity contribution is -0.119. The quantitative estimate of drug-likeness (QED) is 0.784. The van der Waals surface area contributed by atoms with Crippen LogP contribution in [-0.4, -0.2) is 32.0 Å². The van der Waals surface area contributed by atoms with Gasteiger partial charge in [-0.25, -0.2) is 0 Å². The fourth-order valence-corrected chi connectivity index (χ4v) is 3.47. The number of nitrogens with one attached hydrogen (secondary N) is 1. The number of carbonyl (C=O) groups excluding carboxylic acids is 1. The molecule has 2 aromatic rings. The molecule has 8 heteroatoms. The molecular weight excluding hydrogens is 358 g/mol. The molecule has 1 aliphatic rings. The van der Waals surface area contributed by atoms with E-state index in [4.69, 9.17) is 11.6 Å². The lowest BCUT2D eigenvalue weighted by Crippen LogP contribution is -2.47. The summed E-state index contributed by atoms with van der Waals surface area (Å²) in [7, 11) is 1.85. The van der Waals surface area contributed by atoms with Crippen LogP contribution < -0.4 is 5.32 Å². The van der Waals surface area contributed by atoms with Crippen molar-refractivity contribution in [2.45, 2.75) is 30.5 Å². The zero-order valence-corrected chi connectivity index (χ0v) is 15.6. The second-order valence-corrected chi connectivity index (χ2v) is 7.68. The third-order valence-electron chi connectivity index (χ3n) is 4.29. The van der Waals surface area contributed by atoms with E-state index < -0.39 is 5.54 Å². The standard InChI is InChI=1S/C17H18ClN5OS/c1-17(10-19,12-5-6-12)20-14(24)9-25-16-22-21-15(23(16)2)11-3-7-13(18)8-4-11/h3-4,7-8,12H,5-6,9H2,1-2H3,(H,20,24)/t17-/m0/s1. The molecule has 0 bridgehead atoms. The molecule has 0 unspecified atom stereocenters. The van der Waals surface area contributed by atoms with Crippen LogP contribution in [0.4, 0.5) is 0 Å². The summed E-state index contributed by atoms with van der Waals surface area (Å²) in [5.74, 6) is 0.991. The Morgan fingerprint density at radius 2 is 2.12 bits per heavy atom. The lowest BCUT2D eigenvalue weighted by atomic mass is 9.98. The Bertz CT molecular complexity index is 825. The van der Waals surface area contributed by atoms with Gasteiger partial charge >= 0.3 is 0 Å². The minimum Gasteiger partial charge on any atom is -0.337 e.